The van der Waals surface area contributed by atoms with Crippen LogP contribution >= 0.6 is 0 Å². The summed E-state index contributed by atoms with van der Waals surface area (Å²) >= 11 is 0. The number of carbonyl (C=O) groups excluding carboxylic acids is 1. The minimum atomic E-state index is -1.68. The summed E-state index contributed by atoms with van der Waals surface area (Å²) in [4.78, 5) is 11.2. The van der Waals surface area contributed by atoms with Crippen LogP contribution in [0.4, 0.5) is 0 Å². The van der Waals surface area contributed by atoms with E-state index in [9.17, 15) is 20.1 Å². The van der Waals surface area contributed by atoms with Crippen LogP contribution in [0.15, 0.2) is 11.5 Å². The monoisotopic (exact) mass is 242 g/mol. The third-order valence-electron chi connectivity index (χ3n) is 2.56. The van der Waals surface area contributed by atoms with Gasteiger partial charge in [0.1, 0.15) is 18.1 Å². The molecule has 2 unspecified atom stereocenters. The van der Waals surface area contributed by atoms with Crippen molar-refractivity contribution in [1.82, 2.24) is 0 Å². The Morgan fingerprint density at radius 3 is 2.71 bits per heavy atom. The van der Waals surface area contributed by atoms with E-state index in [4.69, 9.17) is 9.84 Å². The van der Waals surface area contributed by atoms with E-state index in [0.717, 1.165) is 0 Å². The van der Waals surface area contributed by atoms with Gasteiger partial charge in [0.2, 0.25) is 11.5 Å². The summed E-state index contributed by atoms with van der Waals surface area (Å²) in [5.41, 5.74) is -1.68. The maximum Gasteiger partial charge on any atom is 0.226 e. The summed E-state index contributed by atoms with van der Waals surface area (Å²) in [5, 5.41) is 38.0. The fraction of sp³-hybridized carbons (Fsp3) is 0.545. The van der Waals surface area contributed by atoms with E-state index in [0.29, 0.717) is 0 Å². The molecule has 0 spiro atoms. The van der Waals surface area contributed by atoms with Gasteiger partial charge in [-0.1, -0.05) is 5.92 Å². The van der Waals surface area contributed by atoms with Crippen LogP contribution in [0, 0.1) is 17.3 Å². The zero-order valence-corrected chi connectivity index (χ0v) is 9.30. The topological polar surface area (TPSA) is 107 Å². The van der Waals surface area contributed by atoms with Gasteiger partial charge in [-0.25, -0.2) is 0 Å². The molecule has 2 atom stereocenters. The molecule has 4 N–H and O–H groups in total. The highest BCUT2D eigenvalue weighted by Crippen LogP contribution is 2.33. The largest absolute Gasteiger partial charge is 0.507 e. The highest BCUT2D eigenvalue weighted by atomic mass is 16.5. The predicted molar refractivity (Wildman–Crippen MR) is 57.1 cm³/mol. The zero-order valence-electron chi connectivity index (χ0n) is 9.30. The Kier molecular flexibility index (Phi) is 4.12. The Bertz CT molecular complexity index is 402. The average molecular weight is 242 g/mol. The number of Topliss-reactive ketones (excluding diaryl/α,β-unsaturated/α-hetero) is 1. The molecular formula is C11H14O6. The second kappa shape index (κ2) is 5.19. The van der Waals surface area contributed by atoms with E-state index >= 15 is 0 Å². The van der Waals surface area contributed by atoms with Gasteiger partial charge in [0.15, 0.2) is 5.76 Å². The SMILES string of the molecule is CC#CC1(C(O)CO)COCC(=O)C(O)=C1O. The summed E-state index contributed by atoms with van der Waals surface area (Å²) < 4.78 is 4.95. The standard InChI is InChI=1S/C11H14O6/c1-2-3-11(8(14)4-12)6-17-5-7(13)9(15)10(11)16/h8,12,14-16H,4-6H2,1H3. The molecule has 0 aliphatic carbocycles. The second-order valence-corrected chi connectivity index (χ2v) is 3.66. The Labute approximate surface area is 98.1 Å². The molecule has 0 saturated heterocycles. The quantitative estimate of drug-likeness (QED) is 0.476. The number of aliphatic hydroxyl groups excluding tert-OH is 4. The molecule has 0 saturated carbocycles. The number of ether oxygens (including phenoxy) is 1. The molecule has 6 heteroatoms. The van der Waals surface area contributed by atoms with Gasteiger partial charge in [-0.3, -0.25) is 4.79 Å². The molecule has 1 heterocycles. The highest BCUT2D eigenvalue weighted by molar-refractivity contribution is 5.95. The number of hydrogen-bond donors (Lipinski definition) is 4. The first kappa shape index (κ1) is 13.5. The van der Waals surface area contributed by atoms with Crippen molar-refractivity contribution in [2.75, 3.05) is 19.8 Å². The summed E-state index contributed by atoms with van der Waals surface area (Å²) in [6.07, 6.45) is -1.47. The molecule has 0 bridgehead atoms. The molecule has 0 radical (unpaired) electrons. The number of hydrogen-bond acceptors (Lipinski definition) is 6. The van der Waals surface area contributed by atoms with E-state index in [1.165, 1.54) is 6.92 Å². The number of ketones is 1. The maximum absolute atomic E-state index is 11.2. The van der Waals surface area contributed by atoms with Crippen LogP contribution in [0.1, 0.15) is 6.92 Å². The van der Waals surface area contributed by atoms with Gasteiger partial charge in [0.05, 0.1) is 13.2 Å². The Hall–Kier alpha value is -1.55. The summed E-state index contributed by atoms with van der Waals surface area (Å²) in [5.74, 6) is 2.50. The fourth-order valence-electron chi connectivity index (χ4n) is 1.60. The average Bonchev–Trinajstić information content (AvgIpc) is 2.43. The van der Waals surface area contributed by atoms with Gasteiger partial charge >= 0.3 is 0 Å². The second-order valence-electron chi connectivity index (χ2n) is 3.66. The van der Waals surface area contributed by atoms with Crippen molar-refractivity contribution in [3.8, 4) is 11.8 Å². The van der Waals surface area contributed by atoms with Crippen LogP contribution < -0.4 is 0 Å². The molecule has 94 valence electrons. The lowest BCUT2D eigenvalue weighted by Gasteiger charge is -2.30. The Morgan fingerprint density at radius 2 is 2.18 bits per heavy atom. The van der Waals surface area contributed by atoms with Crippen LogP contribution in [0.2, 0.25) is 0 Å². The lowest BCUT2D eigenvalue weighted by Crippen LogP contribution is -2.42. The lowest BCUT2D eigenvalue weighted by molar-refractivity contribution is -0.122. The molecular weight excluding hydrogens is 228 g/mol. The minimum absolute atomic E-state index is 0.294. The number of carbonyl (C=O) groups is 1. The third-order valence-corrected chi connectivity index (χ3v) is 2.56. The molecule has 0 aromatic heterocycles. The smallest absolute Gasteiger partial charge is 0.226 e. The van der Waals surface area contributed by atoms with Crippen molar-refractivity contribution in [3.63, 3.8) is 0 Å². The number of aliphatic hydroxyl groups is 4. The molecule has 1 aliphatic heterocycles. The first-order chi connectivity index (χ1) is 7.99. The van der Waals surface area contributed by atoms with Crippen LogP contribution in [0.25, 0.3) is 0 Å². The van der Waals surface area contributed by atoms with Gasteiger partial charge in [-0.05, 0) is 6.92 Å². The molecule has 1 aliphatic rings. The molecule has 6 nitrogen and oxygen atoms in total. The van der Waals surface area contributed by atoms with E-state index in [2.05, 4.69) is 11.8 Å². The van der Waals surface area contributed by atoms with Crippen molar-refractivity contribution in [2.24, 2.45) is 5.41 Å². The van der Waals surface area contributed by atoms with E-state index in [1.54, 1.807) is 0 Å². The molecule has 0 fully saturated rings. The zero-order chi connectivity index (χ0) is 13.1. The molecule has 1 rings (SSSR count). The Morgan fingerprint density at radius 1 is 1.53 bits per heavy atom. The summed E-state index contributed by atoms with van der Waals surface area (Å²) in [7, 11) is 0. The summed E-state index contributed by atoms with van der Waals surface area (Å²) in [6, 6.07) is 0. The molecule has 17 heavy (non-hydrogen) atoms. The van der Waals surface area contributed by atoms with Crippen LogP contribution in [0.5, 0.6) is 0 Å². The van der Waals surface area contributed by atoms with Crippen molar-refractivity contribution < 1.29 is 30.0 Å². The van der Waals surface area contributed by atoms with E-state index in [1.807, 2.05) is 0 Å². The van der Waals surface area contributed by atoms with Crippen molar-refractivity contribution in [3.05, 3.63) is 11.5 Å². The van der Waals surface area contributed by atoms with E-state index in [-0.39, 0.29) is 6.61 Å². The fourth-order valence-corrected chi connectivity index (χ4v) is 1.60. The number of rotatable bonds is 2. The Balaban J connectivity index is 3.36. The van der Waals surface area contributed by atoms with Gasteiger partial charge in [-0.2, -0.15) is 0 Å². The summed E-state index contributed by atoms with van der Waals surface area (Å²) in [6.45, 7) is 0.0604. The predicted octanol–water partition coefficient (Wildman–Crippen LogP) is -0.724. The van der Waals surface area contributed by atoms with Gasteiger partial charge in [0.25, 0.3) is 0 Å². The van der Waals surface area contributed by atoms with E-state index < -0.39 is 42.0 Å². The van der Waals surface area contributed by atoms with Gasteiger partial charge < -0.3 is 25.2 Å². The molecule has 0 aromatic carbocycles. The maximum atomic E-state index is 11.2. The van der Waals surface area contributed by atoms with Crippen molar-refractivity contribution in [1.29, 1.82) is 0 Å². The van der Waals surface area contributed by atoms with Gasteiger partial charge in [0, 0.05) is 0 Å². The molecule has 0 aromatic rings. The highest BCUT2D eigenvalue weighted by Gasteiger charge is 2.45. The van der Waals surface area contributed by atoms with Crippen molar-refractivity contribution in [2.45, 2.75) is 13.0 Å². The van der Waals surface area contributed by atoms with Crippen molar-refractivity contribution >= 4 is 5.78 Å². The minimum Gasteiger partial charge on any atom is -0.507 e. The normalized spacial score (nSPS) is 27.1. The molecule has 0 amide bonds. The van der Waals surface area contributed by atoms with Crippen LogP contribution in [-0.4, -0.2) is 52.1 Å². The first-order valence-corrected chi connectivity index (χ1v) is 4.96. The van der Waals surface area contributed by atoms with Gasteiger partial charge in [-0.15, -0.1) is 5.92 Å². The van der Waals surface area contributed by atoms with Crippen LogP contribution in [0.3, 0.4) is 0 Å². The third kappa shape index (κ3) is 2.26. The lowest BCUT2D eigenvalue weighted by atomic mass is 9.81. The van der Waals surface area contributed by atoms with Crippen LogP contribution in [-0.2, 0) is 9.53 Å². The first-order valence-electron chi connectivity index (χ1n) is 4.96.